The molecule has 0 saturated heterocycles. The van der Waals surface area contributed by atoms with Crippen molar-refractivity contribution in [1.29, 1.82) is 0 Å². The van der Waals surface area contributed by atoms with Crippen molar-refractivity contribution in [2.24, 2.45) is 0 Å². The van der Waals surface area contributed by atoms with Crippen LogP contribution < -0.4 is 10.6 Å². The van der Waals surface area contributed by atoms with Gasteiger partial charge in [0.15, 0.2) is 5.76 Å². The van der Waals surface area contributed by atoms with Crippen molar-refractivity contribution in [3.05, 3.63) is 95.3 Å². The van der Waals surface area contributed by atoms with Crippen LogP contribution in [-0.2, 0) is 6.54 Å². The molecule has 0 radical (unpaired) electrons. The van der Waals surface area contributed by atoms with Gasteiger partial charge in [-0.15, -0.1) is 0 Å². The third-order valence-electron chi connectivity index (χ3n) is 4.88. The first-order valence-electron chi connectivity index (χ1n) is 9.71. The van der Waals surface area contributed by atoms with Crippen molar-refractivity contribution >= 4 is 17.6 Å². The number of hydrogen-bond donors (Lipinski definition) is 2. The summed E-state index contributed by atoms with van der Waals surface area (Å²) in [5, 5.41) is 9.95. The Bertz CT molecular complexity index is 1210. The summed E-state index contributed by atoms with van der Waals surface area (Å²) in [7, 11) is 0. The van der Waals surface area contributed by atoms with Crippen LogP contribution in [0.5, 0.6) is 0 Å². The first-order valence-corrected chi connectivity index (χ1v) is 9.71. The number of anilines is 1. The van der Waals surface area contributed by atoms with E-state index < -0.39 is 5.91 Å². The van der Waals surface area contributed by atoms with E-state index in [1.807, 2.05) is 44.2 Å². The molecule has 0 unspecified atom stereocenters. The Hall–Kier alpha value is -4.20. The SMILES string of the molecule is Cc1ccc(-n2ncc(C(=O)NCc3ccccn3)c2NC(=O)c2ccco2)cc1C. The van der Waals surface area contributed by atoms with Crippen molar-refractivity contribution in [3.63, 3.8) is 0 Å². The lowest BCUT2D eigenvalue weighted by Crippen LogP contribution is -2.25. The van der Waals surface area contributed by atoms with Crippen LogP contribution in [0.15, 0.2) is 71.6 Å². The van der Waals surface area contributed by atoms with Gasteiger partial charge in [0.25, 0.3) is 11.8 Å². The number of rotatable bonds is 6. The Kier molecular flexibility index (Phi) is 5.61. The van der Waals surface area contributed by atoms with Crippen LogP contribution in [0.25, 0.3) is 5.69 Å². The van der Waals surface area contributed by atoms with Gasteiger partial charge in [0, 0.05) is 6.20 Å². The highest BCUT2D eigenvalue weighted by Crippen LogP contribution is 2.23. The lowest BCUT2D eigenvalue weighted by Gasteiger charge is -2.12. The Labute approximate surface area is 178 Å². The zero-order chi connectivity index (χ0) is 21.8. The molecule has 0 saturated carbocycles. The molecule has 0 aliphatic heterocycles. The number of nitrogens with one attached hydrogen (secondary N) is 2. The maximum absolute atomic E-state index is 12.9. The lowest BCUT2D eigenvalue weighted by molar-refractivity contribution is 0.0951. The first kappa shape index (κ1) is 20.1. The van der Waals surface area contributed by atoms with Gasteiger partial charge in [0.1, 0.15) is 11.4 Å². The second kappa shape index (κ2) is 8.66. The van der Waals surface area contributed by atoms with Crippen LogP contribution in [0.2, 0.25) is 0 Å². The number of carbonyl (C=O) groups is 2. The van der Waals surface area contributed by atoms with Gasteiger partial charge in [-0.25, -0.2) is 4.68 Å². The highest BCUT2D eigenvalue weighted by atomic mass is 16.3. The largest absolute Gasteiger partial charge is 0.459 e. The Morgan fingerprint density at radius 2 is 1.90 bits per heavy atom. The van der Waals surface area contributed by atoms with E-state index in [4.69, 9.17) is 4.42 Å². The molecule has 31 heavy (non-hydrogen) atoms. The van der Waals surface area contributed by atoms with Gasteiger partial charge in [0.05, 0.1) is 30.4 Å². The van der Waals surface area contributed by atoms with Gasteiger partial charge in [-0.2, -0.15) is 5.10 Å². The summed E-state index contributed by atoms with van der Waals surface area (Å²) in [6.45, 7) is 4.25. The molecule has 3 aromatic heterocycles. The van der Waals surface area contributed by atoms with Crippen molar-refractivity contribution < 1.29 is 14.0 Å². The third-order valence-corrected chi connectivity index (χ3v) is 4.88. The van der Waals surface area contributed by atoms with Gasteiger partial charge in [-0.3, -0.25) is 14.6 Å². The molecule has 156 valence electrons. The molecular weight excluding hydrogens is 394 g/mol. The van der Waals surface area contributed by atoms with Crippen LogP contribution >= 0.6 is 0 Å². The second-order valence-corrected chi connectivity index (χ2v) is 7.02. The van der Waals surface area contributed by atoms with E-state index >= 15 is 0 Å². The van der Waals surface area contributed by atoms with Crippen molar-refractivity contribution in [3.8, 4) is 5.69 Å². The number of carbonyl (C=O) groups excluding carboxylic acids is 2. The predicted octanol–water partition coefficient (Wildman–Crippen LogP) is 3.66. The third kappa shape index (κ3) is 4.37. The standard InChI is InChI=1S/C23H21N5O3/c1-15-8-9-18(12-16(15)2)28-21(27-23(30)20-7-5-11-31-20)19(14-26-28)22(29)25-13-17-6-3-4-10-24-17/h3-12,14H,13H2,1-2H3,(H,25,29)(H,27,30). The minimum atomic E-state index is -0.477. The second-order valence-electron chi connectivity index (χ2n) is 7.02. The van der Waals surface area contributed by atoms with E-state index in [0.29, 0.717) is 0 Å². The molecule has 8 heteroatoms. The van der Waals surface area contributed by atoms with Crippen LogP contribution in [-0.4, -0.2) is 26.6 Å². The Morgan fingerprint density at radius 3 is 2.61 bits per heavy atom. The monoisotopic (exact) mass is 415 g/mol. The van der Waals surface area contributed by atoms with E-state index in [1.54, 1.807) is 24.4 Å². The number of benzene rings is 1. The molecule has 4 aromatic rings. The topological polar surface area (TPSA) is 102 Å². The van der Waals surface area contributed by atoms with Gasteiger partial charge in [0.2, 0.25) is 0 Å². The highest BCUT2D eigenvalue weighted by Gasteiger charge is 2.22. The minimum Gasteiger partial charge on any atom is -0.459 e. The molecule has 0 aliphatic carbocycles. The lowest BCUT2D eigenvalue weighted by atomic mass is 10.1. The van der Waals surface area contributed by atoms with E-state index in [2.05, 4.69) is 20.7 Å². The van der Waals surface area contributed by atoms with Crippen molar-refractivity contribution in [2.45, 2.75) is 20.4 Å². The zero-order valence-corrected chi connectivity index (χ0v) is 17.1. The summed E-state index contributed by atoms with van der Waals surface area (Å²) in [5.74, 6) is -0.472. The van der Waals surface area contributed by atoms with E-state index in [0.717, 1.165) is 22.5 Å². The number of aryl methyl sites for hydroxylation is 2. The normalized spacial score (nSPS) is 10.6. The molecule has 3 heterocycles. The Balaban J connectivity index is 1.67. The summed E-state index contributed by atoms with van der Waals surface area (Å²) < 4.78 is 6.71. The van der Waals surface area contributed by atoms with Crippen LogP contribution in [0.1, 0.15) is 37.7 Å². The maximum Gasteiger partial charge on any atom is 0.292 e. The molecule has 1 aromatic carbocycles. The fourth-order valence-electron chi connectivity index (χ4n) is 3.03. The smallest absolute Gasteiger partial charge is 0.292 e. The molecular formula is C23H21N5O3. The summed E-state index contributed by atoms with van der Waals surface area (Å²) in [6.07, 6.45) is 4.50. The van der Waals surface area contributed by atoms with E-state index in [1.165, 1.54) is 17.1 Å². The predicted molar refractivity (Wildman–Crippen MR) is 115 cm³/mol. The van der Waals surface area contributed by atoms with Gasteiger partial charge in [-0.05, 0) is 61.4 Å². The number of hydrogen-bond acceptors (Lipinski definition) is 5. The molecule has 0 atom stereocenters. The quantitative estimate of drug-likeness (QED) is 0.500. The first-order chi connectivity index (χ1) is 15.0. The van der Waals surface area contributed by atoms with Crippen LogP contribution in [0, 0.1) is 13.8 Å². The van der Waals surface area contributed by atoms with Crippen molar-refractivity contribution in [2.75, 3.05) is 5.32 Å². The highest BCUT2D eigenvalue weighted by molar-refractivity contribution is 6.07. The average Bonchev–Trinajstić information content (AvgIpc) is 3.45. The van der Waals surface area contributed by atoms with E-state index in [-0.39, 0.29) is 29.6 Å². The fraction of sp³-hybridized carbons (Fsp3) is 0.130. The molecule has 0 fully saturated rings. The van der Waals surface area contributed by atoms with E-state index in [9.17, 15) is 9.59 Å². The minimum absolute atomic E-state index is 0.132. The summed E-state index contributed by atoms with van der Waals surface area (Å²) in [6, 6.07) is 14.4. The number of nitrogens with zero attached hydrogens (tertiary/aromatic N) is 3. The number of amides is 2. The molecule has 2 amide bonds. The van der Waals surface area contributed by atoms with Crippen LogP contribution in [0.3, 0.4) is 0 Å². The molecule has 0 aliphatic rings. The molecule has 2 N–H and O–H groups in total. The molecule has 8 nitrogen and oxygen atoms in total. The fourth-order valence-corrected chi connectivity index (χ4v) is 3.03. The number of pyridine rings is 1. The summed E-state index contributed by atoms with van der Waals surface area (Å²) in [5.41, 5.74) is 3.87. The summed E-state index contributed by atoms with van der Waals surface area (Å²) in [4.78, 5) is 29.8. The van der Waals surface area contributed by atoms with Crippen molar-refractivity contribution in [1.82, 2.24) is 20.1 Å². The number of furan rings is 1. The number of aromatic nitrogens is 3. The summed E-state index contributed by atoms with van der Waals surface area (Å²) >= 11 is 0. The average molecular weight is 415 g/mol. The molecule has 4 rings (SSSR count). The molecule has 0 spiro atoms. The zero-order valence-electron chi connectivity index (χ0n) is 17.1. The van der Waals surface area contributed by atoms with Gasteiger partial charge in [-0.1, -0.05) is 12.1 Å². The maximum atomic E-state index is 12.9. The van der Waals surface area contributed by atoms with Crippen LogP contribution in [0.4, 0.5) is 5.82 Å². The van der Waals surface area contributed by atoms with Gasteiger partial charge >= 0.3 is 0 Å². The van der Waals surface area contributed by atoms with Gasteiger partial charge < -0.3 is 15.1 Å². The molecule has 0 bridgehead atoms. The Morgan fingerprint density at radius 1 is 1.03 bits per heavy atom.